The zero-order valence-corrected chi connectivity index (χ0v) is 17.9. The van der Waals surface area contributed by atoms with Crippen LogP contribution in [-0.2, 0) is 30.5 Å². The number of carbonyl (C=O) groups is 2. The number of carbonyl (C=O) groups excluding carboxylic acids is 1. The Morgan fingerprint density at radius 3 is 2.65 bits per heavy atom. The van der Waals surface area contributed by atoms with Gasteiger partial charge in [0, 0.05) is 13.3 Å². The van der Waals surface area contributed by atoms with E-state index in [1.54, 1.807) is 4.98 Å². The molecule has 2 rings (SSSR count). The lowest BCUT2D eigenvalue weighted by Gasteiger charge is -2.46. The van der Waals surface area contributed by atoms with Crippen molar-refractivity contribution in [1.29, 1.82) is 0 Å². The van der Waals surface area contributed by atoms with Crippen LogP contribution < -0.4 is 16.6 Å². The van der Waals surface area contributed by atoms with Crippen molar-refractivity contribution in [2.24, 2.45) is 0 Å². The van der Waals surface area contributed by atoms with Crippen LogP contribution >= 0.6 is 0 Å². The van der Waals surface area contributed by atoms with E-state index in [4.69, 9.17) is 19.3 Å². The Morgan fingerprint density at radius 2 is 2.06 bits per heavy atom. The first-order valence-electron chi connectivity index (χ1n) is 9.96. The molecule has 1 aliphatic heterocycles. The molecule has 15 nitrogen and oxygen atoms in total. The third-order valence-electron chi connectivity index (χ3n) is 4.95. The first kappa shape index (κ1) is 27.5. The number of aromatic nitrogens is 2. The number of carboxylic acid groups (broad SMARTS) is 1. The monoisotopic (exact) mass is 495 g/mol. The number of H-pyrrole nitrogens is 1. The van der Waals surface area contributed by atoms with Crippen LogP contribution in [0.3, 0.4) is 0 Å². The van der Waals surface area contributed by atoms with Crippen LogP contribution in [0.25, 0.3) is 0 Å². The van der Waals surface area contributed by atoms with Gasteiger partial charge in [0.25, 0.3) is 11.3 Å². The second-order valence-corrected chi connectivity index (χ2v) is 7.47. The highest BCUT2D eigenvalue weighted by atomic mass is 19.1. The van der Waals surface area contributed by atoms with Crippen LogP contribution in [0.5, 0.6) is 0 Å². The number of ether oxygens (including phenoxy) is 3. The van der Waals surface area contributed by atoms with Gasteiger partial charge in [-0.05, 0) is 0 Å². The van der Waals surface area contributed by atoms with Gasteiger partial charge in [0.05, 0.1) is 38.2 Å². The van der Waals surface area contributed by atoms with Crippen molar-refractivity contribution >= 4 is 11.9 Å². The molecule has 0 aromatic carbocycles. The molecule has 2 heterocycles. The number of nitrogens with one attached hydrogen (secondary N) is 2. The SMILES string of the molecule is CC(=O)N[C@H]1[C@H]([C@H](O)[C@H](O)CO)O[C@@](OCCOCn2cc(F)c(=O)[nH]c2=O)(C(=O)O)C[C@@H]1O. The molecule has 1 fully saturated rings. The molecule has 0 unspecified atom stereocenters. The molecule has 1 amide bonds. The number of halogens is 1. The number of aliphatic hydroxyl groups is 4. The van der Waals surface area contributed by atoms with Crippen molar-refractivity contribution in [3.8, 4) is 0 Å². The molecule has 0 aliphatic carbocycles. The highest BCUT2D eigenvalue weighted by Gasteiger charge is 2.55. The summed E-state index contributed by atoms with van der Waals surface area (Å²) in [6.45, 7) is -1.19. The van der Waals surface area contributed by atoms with Gasteiger partial charge in [-0.2, -0.15) is 4.39 Å². The van der Waals surface area contributed by atoms with Crippen LogP contribution in [0.15, 0.2) is 15.8 Å². The maximum atomic E-state index is 13.3. The van der Waals surface area contributed by atoms with E-state index in [0.29, 0.717) is 10.8 Å². The van der Waals surface area contributed by atoms with Crippen LogP contribution in [0.2, 0.25) is 0 Å². The standard InChI is InChI=1S/C18H26FN3O12/c1-8(24)20-12-10(25)4-18(16(29)30,34-14(12)13(27)11(26)6-23)33-3-2-32-7-22-5-9(19)15(28)21-17(22)31/h5,10-14,23,25-27H,2-4,6-7H2,1H3,(H,20,24)(H,29,30)(H,21,28,31)/t10-,11+,12+,13+,14+,18+/m0/s1. The van der Waals surface area contributed by atoms with E-state index >= 15 is 0 Å². The summed E-state index contributed by atoms with van der Waals surface area (Å²) in [4.78, 5) is 47.8. The molecule has 1 saturated heterocycles. The minimum atomic E-state index is -2.54. The number of amides is 1. The molecular formula is C18H26FN3O12. The lowest BCUT2D eigenvalue weighted by molar-refractivity contribution is -0.313. The summed E-state index contributed by atoms with van der Waals surface area (Å²) in [6.07, 6.45) is -7.11. The van der Waals surface area contributed by atoms with E-state index in [1.165, 1.54) is 0 Å². The Morgan fingerprint density at radius 1 is 1.38 bits per heavy atom. The first-order valence-corrected chi connectivity index (χ1v) is 9.96. The van der Waals surface area contributed by atoms with E-state index in [0.717, 1.165) is 6.92 Å². The van der Waals surface area contributed by atoms with Crippen molar-refractivity contribution in [3.63, 3.8) is 0 Å². The van der Waals surface area contributed by atoms with Gasteiger partial charge >= 0.3 is 11.7 Å². The fraction of sp³-hybridized carbons (Fsp3) is 0.667. The number of carboxylic acids is 1. The number of hydrogen-bond donors (Lipinski definition) is 7. The number of hydrogen-bond acceptors (Lipinski definition) is 11. The topological polar surface area (TPSA) is 230 Å². The summed E-state index contributed by atoms with van der Waals surface area (Å²) < 4.78 is 29.7. The molecule has 1 aliphatic rings. The van der Waals surface area contributed by atoms with Gasteiger partial charge in [-0.3, -0.25) is 19.1 Å². The van der Waals surface area contributed by atoms with Crippen molar-refractivity contribution in [3.05, 3.63) is 32.9 Å². The molecule has 0 radical (unpaired) electrons. The molecule has 7 N–H and O–H groups in total. The Balaban J connectivity index is 2.10. The van der Waals surface area contributed by atoms with Gasteiger partial charge in [-0.1, -0.05) is 0 Å². The fourth-order valence-electron chi connectivity index (χ4n) is 3.28. The molecular weight excluding hydrogens is 469 g/mol. The minimum absolute atomic E-state index is 0.358. The molecule has 16 heteroatoms. The zero-order valence-electron chi connectivity index (χ0n) is 17.9. The Kier molecular flexibility index (Phi) is 9.39. The van der Waals surface area contributed by atoms with Crippen LogP contribution in [0, 0.1) is 5.82 Å². The zero-order chi connectivity index (χ0) is 25.6. The molecule has 192 valence electrons. The molecule has 34 heavy (non-hydrogen) atoms. The average molecular weight is 495 g/mol. The van der Waals surface area contributed by atoms with Gasteiger partial charge in [-0.25, -0.2) is 9.59 Å². The van der Waals surface area contributed by atoms with Crippen LogP contribution in [0.4, 0.5) is 4.39 Å². The smallest absolute Gasteiger partial charge is 0.364 e. The molecule has 0 spiro atoms. The molecule has 1 aromatic heterocycles. The lowest BCUT2D eigenvalue weighted by Crippen LogP contribution is -2.68. The fourth-order valence-corrected chi connectivity index (χ4v) is 3.28. The normalized spacial score (nSPS) is 26.6. The predicted octanol–water partition coefficient (Wildman–Crippen LogP) is -4.18. The second-order valence-electron chi connectivity index (χ2n) is 7.47. The maximum absolute atomic E-state index is 13.3. The summed E-state index contributed by atoms with van der Waals surface area (Å²) in [5.41, 5.74) is -2.15. The second kappa shape index (κ2) is 11.6. The van der Waals surface area contributed by atoms with E-state index in [9.17, 15) is 44.0 Å². The quantitative estimate of drug-likeness (QED) is 0.145. The molecule has 1 aromatic rings. The Hall–Kier alpha value is -2.73. The summed E-state index contributed by atoms with van der Waals surface area (Å²) in [5, 5.41) is 51.7. The van der Waals surface area contributed by atoms with Gasteiger partial charge < -0.3 is 45.1 Å². The first-order chi connectivity index (χ1) is 15.9. The van der Waals surface area contributed by atoms with E-state index in [1.807, 2.05) is 0 Å². The number of aliphatic hydroxyl groups excluding tert-OH is 4. The van der Waals surface area contributed by atoms with E-state index in [2.05, 4.69) is 5.32 Å². The van der Waals surface area contributed by atoms with Crippen LogP contribution in [0.1, 0.15) is 13.3 Å². The third kappa shape index (κ3) is 6.44. The van der Waals surface area contributed by atoms with Crippen molar-refractivity contribution in [2.45, 2.75) is 56.3 Å². The third-order valence-corrected chi connectivity index (χ3v) is 4.95. The van der Waals surface area contributed by atoms with Crippen molar-refractivity contribution < 1.29 is 53.7 Å². The lowest BCUT2D eigenvalue weighted by atomic mass is 9.88. The number of rotatable bonds is 11. The largest absolute Gasteiger partial charge is 0.477 e. The van der Waals surface area contributed by atoms with Gasteiger partial charge in [0.1, 0.15) is 25.0 Å². The average Bonchev–Trinajstić information content (AvgIpc) is 2.77. The summed E-state index contributed by atoms with van der Waals surface area (Å²) >= 11 is 0. The van der Waals surface area contributed by atoms with E-state index in [-0.39, 0.29) is 6.61 Å². The van der Waals surface area contributed by atoms with Gasteiger partial charge in [0.15, 0.2) is 0 Å². The molecule has 0 bridgehead atoms. The summed E-state index contributed by atoms with van der Waals surface area (Å²) in [5.74, 6) is -6.12. The summed E-state index contributed by atoms with van der Waals surface area (Å²) in [7, 11) is 0. The summed E-state index contributed by atoms with van der Waals surface area (Å²) in [6, 6.07) is -1.34. The van der Waals surface area contributed by atoms with E-state index < -0.39 is 91.6 Å². The number of aliphatic carboxylic acids is 1. The Bertz CT molecular complexity index is 984. The Labute approximate surface area is 190 Å². The molecule has 6 atom stereocenters. The van der Waals surface area contributed by atoms with Gasteiger partial charge in [-0.15, -0.1) is 0 Å². The predicted molar refractivity (Wildman–Crippen MR) is 106 cm³/mol. The maximum Gasteiger partial charge on any atom is 0.364 e. The highest BCUT2D eigenvalue weighted by molar-refractivity contribution is 5.76. The minimum Gasteiger partial charge on any atom is -0.477 e. The molecule has 0 saturated carbocycles. The number of nitrogens with zero attached hydrogens (tertiary/aromatic N) is 1. The van der Waals surface area contributed by atoms with Crippen LogP contribution in [-0.4, -0.2) is 103 Å². The highest BCUT2D eigenvalue weighted by Crippen LogP contribution is 2.33. The van der Waals surface area contributed by atoms with Gasteiger partial charge in [0.2, 0.25) is 11.7 Å². The van der Waals surface area contributed by atoms with Crippen molar-refractivity contribution in [2.75, 3.05) is 19.8 Å². The van der Waals surface area contributed by atoms with Crippen molar-refractivity contribution in [1.82, 2.24) is 14.9 Å². The number of aromatic amines is 1.